The normalized spacial score (nSPS) is 19.9. The zero-order chi connectivity index (χ0) is 20.1. The number of aromatic nitrogens is 3. The molecule has 9 nitrogen and oxygen atoms in total. The second-order valence-electron chi connectivity index (χ2n) is 8.41. The molecule has 4 heterocycles. The van der Waals surface area contributed by atoms with Gasteiger partial charge in [-0.1, -0.05) is 5.16 Å². The third-order valence-electron chi connectivity index (χ3n) is 5.07. The van der Waals surface area contributed by atoms with E-state index in [-0.39, 0.29) is 17.9 Å². The molecular weight excluding hydrogens is 362 g/mol. The first-order valence-electron chi connectivity index (χ1n) is 9.45. The molecule has 28 heavy (non-hydrogen) atoms. The fourth-order valence-corrected chi connectivity index (χ4v) is 3.76. The number of amides is 2. The van der Waals surface area contributed by atoms with Crippen LogP contribution in [-0.4, -0.2) is 62.5 Å². The van der Waals surface area contributed by atoms with Gasteiger partial charge in [-0.05, 0) is 20.8 Å². The predicted molar refractivity (Wildman–Crippen MR) is 98.8 cm³/mol. The number of rotatable bonds is 1. The third-order valence-corrected chi connectivity index (χ3v) is 5.07. The van der Waals surface area contributed by atoms with Gasteiger partial charge in [0, 0.05) is 44.1 Å². The number of carbonyl (C=O) groups excluding carboxylic acids is 2. The van der Waals surface area contributed by atoms with Gasteiger partial charge < -0.3 is 19.1 Å². The standard InChI is InChI=1S/C19H25N5O4/c1-19(2,3)28-18(26)23-7-5-15-13(11-23)16-17(25)22(4)9-12(10-24(16)20-15)14-6-8-27-21-14/h6,8,12H,5,7,9-11H2,1-4H3. The highest BCUT2D eigenvalue weighted by Gasteiger charge is 2.36. The van der Waals surface area contributed by atoms with Gasteiger partial charge in [-0.15, -0.1) is 0 Å². The molecule has 1 atom stereocenters. The lowest BCUT2D eigenvalue weighted by Crippen LogP contribution is -2.40. The van der Waals surface area contributed by atoms with Gasteiger partial charge in [0.1, 0.15) is 17.6 Å². The monoisotopic (exact) mass is 387 g/mol. The van der Waals surface area contributed by atoms with Gasteiger partial charge in [-0.2, -0.15) is 5.10 Å². The van der Waals surface area contributed by atoms with Crippen molar-refractivity contribution >= 4 is 12.0 Å². The molecule has 1 unspecified atom stereocenters. The van der Waals surface area contributed by atoms with Gasteiger partial charge in [0.15, 0.2) is 0 Å². The summed E-state index contributed by atoms with van der Waals surface area (Å²) in [5.41, 5.74) is 2.48. The van der Waals surface area contributed by atoms with Crippen molar-refractivity contribution in [3.05, 3.63) is 35.0 Å². The quantitative estimate of drug-likeness (QED) is 0.743. The minimum Gasteiger partial charge on any atom is -0.444 e. The lowest BCUT2D eigenvalue weighted by atomic mass is 10.0. The van der Waals surface area contributed by atoms with Crippen LogP contribution in [0, 0.1) is 0 Å². The van der Waals surface area contributed by atoms with Gasteiger partial charge in [0.25, 0.3) is 5.91 Å². The third kappa shape index (κ3) is 3.36. The van der Waals surface area contributed by atoms with Gasteiger partial charge in [-0.3, -0.25) is 9.48 Å². The number of ether oxygens (including phenoxy) is 1. The summed E-state index contributed by atoms with van der Waals surface area (Å²) in [5, 5.41) is 8.74. The molecule has 9 heteroatoms. The average Bonchev–Trinajstić information content (AvgIpc) is 3.23. The summed E-state index contributed by atoms with van der Waals surface area (Å²) in [6, 6.07) is 1.82. The Hall–Kier alpha value is -2.84. The molecule has 2 aliphatic rings. The van der Waals surface area contributed by atoms with E-state index < -0.39 is 5.60 Å². The lowest BCUT2D eigenvalue weighted by Gasteiger charge is -2.30. The molecule has 4 rings (SSSR count). The van der Waals surface area contributed by atoms with E-state index in [2.05, 4.69) is 5.16 Å². The molecule has 0 saturated heterocycles. The lowest BCUT2D eigenvalue weighted by molar-refractivity contribution is 0.0222. The van der Waals surface area contributed by atoms with Crippen LogP contribution < -0.4 is 0 Å². The van der Waals surface area contributed by atoms with E-state index in [1.165, 1.54) is 6.26 Å². The highest BCUT2D eigenvalue weighted by atomic mass is 16.6. The van der Waals surface area contributed by atoms with E-state index in [0.29, 0.717) is 38.3 Å². The number of hydrogen-bond acceptors (Lipinski definition) is 6. The van der Waals surface area contributed by atoms with Crippen molar-refractivity contribution < 1.29 is 18.8 Å². The molecule has 0 saturated carbocycles. The fourth-order valence-electron chi connectivity index (χ4n) is 3.76. The Bertz CT molecular complexity index is 896. The predicted octanol–water partition coefficient (Wildman–Crippen LogP) is 2.03. The van der Waals surface area contributed by atoms with Crippen LogP contribution in [0.2, 0.25) is 0 Å². The average molecular weight is 387 g/mol. The maximum absolute atomic E-state index is 13.1. The Morgan fingerprint density at radius 3 is 2.79 bits per heavy atom. The Labute approximate surface area is 163 Å². The van der Waals surface area contributed by atoms with Crippen molar-refractivity contribution in [2.75, 3.05) is 20.1 Å². The SMILES string of the molecule is CN1CC(c2ccon2)Cn2nc3c(c2C1=O)CN(C(=O)OC(C)(C)C)CC3. The molecule has 2 aromatic rings. The number of carbonyl (C=O) groups is 2. The zero-order valence-electron chi connectivity index (χ0n) is 16.6. The van der Waals surface area contributed by atoms with Gasteiger partial charge in [-0.25, -0.2) is 4.79 Å². The van der Waals surface area contributed by atoms with Crippen molar-refractivity contribution in [2.45, 2.75) is 51.8 Å². The molecule has 0 bridgehead atoms. The number of fused-ring (bicyclic) bond motifs is 3. The number of likely N-dealkylation sites (N-methyl/N-ethyl adjacent to an activating group) is 1. The first-order valence-corrected chi connectivity index (χ1v) is 9.45. The maximum atomic E-state index is 13.1. The molecule has 0 radical (unpaired) electrons. The van der Waals surface area contributed by atoms with E-state index in [0.717, 1.165) is 17.0 Å². The zero-order valence-corrected chi connectivity index (χ0v) is 16.6. The van der Waals surface area contributed by atoms with Gasteiger partial charge in [0.05, 0.1) is 24.5 Å². The minimum atomic E-state index is -0.561. The first kappa shape index (κ1) is 18.5. The smallest absolute Gasteiger partial charge is 0.410 e. The summed E-state index contributed by atoms with van der Waals surface area (Å²) in [4.78, 5) is 28.9. The van der Waals surface area contributed by atoms with Crippen LogP contribution in [0.25, 0.3) is 0 Å². The second kappa shape index (κ2) is 6.65. The Morgan fingerprint density at radius 2 is 2.11 bits per heavy atom. The molecule has 0 aliphatic carbocycles. The molecule has 0 aromatic carbocycles. The number of hydrogen-bond donors (Lipinski definition) is 0. The van der Waals surface area contributed by atoms with Crippen molar-refractivity contribution in [3.63, 3.8) is 0 Å². The van der Waals surface area contributed by atoms with Crippen LogP contribution in [0.5, 0.6) is 0 Å². The van der Waals surface area contributed by atoms with Gasteiger partial charge in [0.2, 0.25) is 0 Å². The van der Waals surface area contributed by atoms with Gasteiger partial charge >= 0.3 is 6.09 Å². The summed E-state index contributed by atoms with van der Waals surface area (Å²) in [5.74, 6) is -0.0944. The second-order valence-corrected chi connectivity index (χ2v) is 8.41. The van der Waals surface area contributed by atoms with Crippen molar-refractivity contribution in [2.24, 2.45) is 0 Å². The van der Waals surface area contributed by atoms with E-state index in [1.807, 2.05) is 26.8 Å². The van der Waals surface area contributed by atoms with Crippen molar-refractivity contribution in [3.8, 4) is 0 Å². The van der Waals surface area contributed by atoms with Crippen LogP contribution in [0.1, 0.15) is 54.1 Å². The molecule has 0 N–H and O–H groups in total. The summed E-state index contributed by atoms with van der Waals surface area (Å²) in [6.45, 7) is 7.44. The molecule has 0 fully saturated rings. The molecule has 2 aliphatic heterocycles. The largest absolute Gasteiger partial charge is 0.444 e. The van der Waals surface area contributed by atoms with E-state index in [4.69, 9.17) is 14.4 Å². The highest BCUT2D eigenvalue weighted by molar-refractivity contribution is 5.94. The fraction of sp³-hybridized carbons (Fsp3) is 0.579. The summed E-state index contributed by atoms with van der Waals surface area (Å²) in [7, 11) is 1.78. The van der Waals surface area contributed by atoms with E-state index >= 15 is 0 Å². The number of nitrogens with zero attached hydrogens (tertiary/aromatic N) is 5. The van der Waals surface area contributed by atoms with Crippen LogP contribution in [0.4, 0.5) is 4.79 Å². The van der Waals surface area contributed by atoms with Crippen molar-refractivity contribution in [1.82, 2.24) is 24.7 Å². The van der Waals surface area contributed by atoms with Crippen LogP contribution in [0.3, 0.4) is 0 Å². The molecule has 2 aromatic heterocycles. The topological polar surface area (TPSA) is 93.7 Å². The van der Waals surface area contributed by atoms with Crippen LogP contribution >= 0.6 is 0 Å². The van der Waals surface area contributed by atoms with E-state index in [1.54, 1.807) is 21.5 Å². The molecule has 2 amide bonds. The first-order chi connectivity index (χ1) is 13.2. The Balaban J connectivity index is 1.64. The Morgan fingerprint density at radius 1 is 1.32 bits per heavy atom. The van der Waals surface area contributed by atoms with Crippen LogP contribution in [0.15, 0.2) is 16.9 Å². The minimum absolute atomic E-state index is 0.00254. The highest BCUT2D eigenvalue weighted by Crippen LogP contribution is 2.29. The molecule has 150 valence electrons. The summed E-state index contributed by atoms with van der Waals surface area (Å²) >= 11 is 0. The summed E-state index contributed by atoms with van der Waals surface area (Å²) in [6.07, 6.45) is 1.77. The summed E-state index contributed by atoms with van der Waals surface area (Å²) < 4.78 is 12.2. The molecule has 0 spiro atoms. The van der Waals surface area contributed by atoms with E-state index in [9.17, 15) is 9.59 Å². The molecular formula is C19H25N5O4. The van der Waals surface area contributed by atoms with Crippen LogP contribution in [-0.2, 0) is 24.2 Å². The Kier molecular flexibility index (Phi) is 4.40. The maximum Gasteiger partial charge on any atom is 0.410 e. The van der Waals surface area contributed by atoms with Crippen molar-refractivity contribution in [1.29, 1.82) is 0 Å².